The smallest absolute Gasteiger partial charge is 1.00 e. The van der Waals surface area contributed by atoms with Crippen molar-refractivity contribution in [2.75, 3.05) is 0 Å². The van der Waals surface area contributed by atoms with Gasteiger partial charge in [-0.3, -0.25) is 9.11 Å². The molecule has 7 heteroatoms. The van der Waals surface area contributed by atoms with Gasteiger partial charge in [0.1, 0.15) is 0 Å². The van der Waals surface area contributed by atoms with Crippen molar-refractivity contribution in [3.05, 3.63) is 0 Å². The summed E-state index contributed by atoms with van der Waals surface area (Å²) < 4.78 is 31.6. The summed E-state index contributed by atoms with van der Waals surface area (Å²) in [5, 5.41) is 0. The van der Waals surface area contributed by atoms with Gasteiger partial charge in [0.25, 0.3) is 0 Å². The summed E-state index contributed by atoms with van der Waals surface area (Å²) in [7, 11) is -4.67. The molecule has 0 bridgehead atoms. The molecule has 0 saturated heterocycles. The summed E-state index contributed by atoms with van der Waals surface area (Å²) in [5.74, 6) is 0. The summed E-state index contributed by atoms with van der Waals surface area (Å²) >= 11 is 0. The Labute approximate surface area is 82.7 Å². The van der Waals surface area contributed by atoms with Crippen molar-refractivity contribution >= 4 is 10.4 Å². The van der Waals surface area contributed by atoms with Gasteiger partial charge in [0, 0.05) is 0 Å². The van der Waals surface area contributed by atoms with Gasteiger partial charge in [0.05, 0.1) is 0 Å². The maximum absolute atomic E-state index is 8.74. The molecule has 0 aliphatic carbocycles. The number of halogens is 1. The molecule has 0 saturated carbocycles. The Balaban J connectivity index is -0.0000000800. The van der Waals surface area contributed by atoms with Crippen LogP contribution >= 0.6 is 0 Å². The van der Waals surface area contributed by atoms with Crippen LogP contribution in [0.5, 0.6) is 0 Å². The molecule has 2 N–H and O–H groups in total. The Hall–Kier alpha value is 1.44. The largest absolute Gasteiger partial charge is 1.00 e. The maximum Gasteiger partial charge on any atom is 1.00 e. The minimum atomic E-state index is -4.67. The van der Waals surface area contributed by atoms with E-state index >= 15 is 0 Å². The van der Waals surface area contributed by atoms with Gasteiger partial charge in [-0.05, 0) is 0 Å². The summed E-state index contributed by atoms with van der Waals surface area (Å²) in [6.45, 7) is 0. The zero-order valence-electron chi connectivity index (χ0n) is 3.50. The SMILES string of the molecule is O=S(=O)(O)O.[F-].[K+]. The molecular weight excluding hydrogens is 154 g/mol. The molecule has 0 spiro atoms. The molecule has 0 amide bonds. The average Bonchev–Trinajstić information content (AvgIpc) is 0.722. The van der Waals surface area contributed by atoms with E-state index < -0.39 is 10.4 Å². The number of hydrogen-bond acceptors (Lipinski definition) is 2. The second kappa shape index (κ2) is 5.57. The van der Waals surface area contributed by atoms with Gasteiger partial charge >= 0.3 is 61.8 Å². The molecule has 0 aromatic carbocycles. The molecule has 0 rings (SSSR count). The third-order valence-electron chi connectivity index (χ3n) is 0. The van der Waals surface area contributed by atoms with E-state index in [2.05, 4.69) is 0 Å². The van der Waals surface area contributed by atoms with Crippen LogP contribution in [0.4, 0.5) is 0 Å². The van der Waals surface area contributed by atoms with Crippen LogP contribution in [0.25, 0.3) is 0 Å². The predicted molar refractivity (Wildman–Crippen MR) is 14.2 cm³/mol. The van der Waals surface area contributed by atoms with Crippen molar-refractivity contribution < 1.29 is 73.6 Å². The van der Waals surface area contributed by atoms with Crippen LogP contribution in [-0.2, 0) is 10.4 Å². The van der Waals surface area contributed by atoms with E-state index in [1.807, 2.05) is 0 Å². The Kier molecular flexibility index (Phi) is 12.6. The monoisotopic (exact) mass is 156 g/mol. The number of hydrogen-bond donors (Lipinski definition) is 2. The van der Waals surface area contributed by atoms with Gasteiger partial charge in [-0.25, -0.2) is 0 Å². The first kappa shape index (κ1) is 15.8. The zero-order valence-corrected chi connectivity index (χ0v) is 7.44. The molecule has 7 heavy (non-hydrogen) atoms. The first-order valence-corrected chi connectivity index (χ1v) is 2.10. The van der Waals surface area contributed by atoms with Crippen molar-refractivity contribution in [2.45, 2.75) is 0 Å². The van der Waals surface area contributed by atoms with Crippen molar-refractivity contribution in [1.82, 2.24) is 0 Å². The number of rotatable bonds is 0. The molecule has 0 aliphatic rings. The predicted octanol–water partition coefficient (Wildman–Crippen LogP) is -6.64. The van der Waals surface area contributed by atoms with Crippen molar-refractivity contribution in [2.24, 2.45) is 0 Å². The van der Waals surface area contributed by atoms with E-state index in [4.69, 9.17) is 17.5 Å². The van der Waals surface area contributed by atoms with E-state index in [1.165, 1.54) is 0 Å². The molecule has 0 fully saturated rings. The van der Waals surface area contributed by atoms with Gasteiger partial charge < -0.3 is 4.70 Å². The second-order valence-electron chi connectivity index (χ2n) is 0.448. The normalized spacial score (nSPS) is 8.29. The summed E-state index contributed by atoms with van der Waals surface area (Å²) in [6, 6.07) is 0. The van der Waals surface area contributed by atoms with Crippen LogP contribution in [0, 0.1) is 0 Å². The van der Waals surface area contributed by atoms with Crippen LogP contribution in [0.15, 0.2) is 0 Å². The fraction of sp³-hybridized carbons (Fsp3) is 0. The van der Waals surface area contributed by atoms with Crippen LogP contribution in [0.2, 0.25) is 0 Å². The molecule has 0 atom stereocenters. The molecule has 0 heterocycles. The van der Waals surface area contributed by atoms with Gasteiger partial charge in [0.15, 0.2) is 0 Å². The molecule has 4 nitrogen and oxygen atoms in total. The Morgan fingerprint density at radius 1 is 1.14 bits per heavy atom. The molecule has 0 radical (unpaired) electrons. The van der Waals surface area contributed by atoms with E-state index in [0.717, 1.165) is 0 Å². The molecule has 40 valence electrons. The first-order chi connectivity index (χ1) is 2.00. The van der Waals surface area contributed by atoms with E-state index in [1.54, 1.807) is 0 Å². The second-order valence-corrected chi connectivity index (χ2v) is 1.34. The fourth-order valence-electron chi connectivity index (χ4n) is 0. The summed E-state index contributed by atoms with van der Waals surface area (Å²) in [6.07, 6.45) is 0. The van der Waals surface area contributed by atoms with Crippen molar-refractivity contribution in [3.8, 4) is 0 Å². The van der Waals surface area contributed by atoms with Crippen LogP contribution in [-0.4, -0.2) is 17.5 Å². The van der Waals surface area contributed by atoms with Gasteiger partial charge in [-0.15, -0.1) is 0 Å². The third kappa shape index (κ3) is 107. The standard InChI is InChI=1S/FH.K.H2O4S/c;;1-5(2,3)4/h1H;;(H2,1,2,3,4)/q;+1;/p-1. The van der Waals surface area contributed by atoms with Gasteiger partial charge in [0.2, 0.25) is 0 Å². The van der Waals surface area contributed by atoms with Gasteiger partial charge in [-0.2, -0.15) is 8.42 Å². The van der Waals surface area contributed by atoms with E-state index in [-0.39, 0.29) is 56.1 Å². The summed E-state index contributed by atoms with van der Waals surface area (Å²) in [4.78, 5) is 0. The van der Waals surface area contributed by atoms with Crippen LogP contribution in [0.3, 0.4) is 0 Å². The molecule has 0 aromatic rings. The fourth-order valence-corrected chi connectivity index (χ4v) is 0. The Morgan fingerprint density at radius 3 is 1.14 bits per heavy atom. The maximum atomic E-state index is 8.74. The minimum Gasteiger partial charge on any atom is -1.00 e. The van der Waals surface area contributed by atoms with Gasteiger partial charge in [-0.1, -0.05) is 0 Å². The van der Waals surface area contributed by atoms with E-state index in [9.17, 15) is 0 Å². The zero-order chi connectivity index (χ0) is 4.50. The third-order valence-corrected chi connectivity index (χ3v) is 0. The van der Waals surface area contributed by atoms with Crippen LogP contribution < -0.4 is 56.1 Å². The quantitative estimate of drug-likeness (QED) is 0.270. The molecule has 0 unspecified atom stereocenters. The minimum absolute atomic E-state index is 0. The average molecular weight is 156 g/mol. The molecule has 0 aliphatic heterocycles. The van der Waals surface area contributed by atoms with Crippen LogP contribution in [0.1, 0.15) is 0 Å². The Bertz CT molecular complexity index is 94.9. The van der Waals surface area contributed by atoms with Crippen molar-refractivity contribution in [1.29, 1.82) is 0 Å². The Morgan fingerprint density at radius 2 is 1.14 bits per heavy atom. The first-order valence-electron chi connectivity index (χ1n) is 0.698. The molecular formula is H2FKO4S. The summed E-state index contributed by atoms with van der Waals surface area (Å²) in [5.41, 5.74) is 0. The topological polar surface area (TPSA) is 74.6 Å². The van der Waals surface area contributed by atoms with Crippen molar-refractivity contribution in [3.63, 3.8) is 0 Å². The van der Waals surface area contributed by atoms with E-state index in [0.29, 0.717) is 0 Å². The molecule has 0 aromatic heterocycles.